The van der Waals surface area contributed by atoms with E-state index in [1.807, 2.05) is 0 Å². The molecule has 0 saturated heterocycles. The Morgan fingerprint density at radius 2 is 2.00 bits per heavy atom. The molecule has 1 heterocycles. The van der Waals surface area contributed by atoms with Crippen LogP contribution in [0, 0.1) is 10.1 Å². The smallest absolute Gasteiger partial charge is 0.311 e. The molecule has 23 heavy (non-hydrogen) atoms. The molecule has 0 radical (unpaired) electrons. The SMILES string of the molecule is C[C@@H](c1cccc(S(N)(=O)=O)c1)N(C)c1ncccc1[N+](=O)[O-]. The van der Waals surface area contributed by atoms with Crippen molar-refractivity contribution in [2.24, 2.45) is 5.14 Å². The number of rotatable bonds is 5. The molecule has 2 N–H and O–H groups in total. The topological polar surface area (TPSA) is 119 Å². The minimum Gasteiger partial charge on any atom is -0.347 e. The molecule has 122 valence electrons. The highest BCUT2D eigenvalue weighted by atomic mass is 32.2. The van der Waals surface area contributed by atoms with Crippen LogP contribution in [0.15, 0.2) is 47.5 Å². The Balaban J connectivity index is 2.41. The number of benzene rings is 1. The summed E-state index contributed by atoms with van der Waals surface area (Å²) in [6.07, 6.45) is 1.46. The largest absolute Gasteiger partial charge is 0.347 e. The zero-order valence-electron chi connectivity index (χ0n) is 12.6. The summed E-state index contributed by atoms with van der Waals surface area (Å²) in [5, 5.41) is 16.2. The van der Waals surface area contributed by atoms with Crippen LogP contribution in [0.25, 0.3) is 0 Å². The normalized spacial score (nSPS) is 12.7. The molecular formula is C14H16N4O4S. The average molecular weight is 336 g/mol. The molecule has 2 aromatic rings. The van der Waals surface area contributed by atoms with Crippen LogP contribution in [0.3, 0.4) is 0 Å². The van der Waals surface area contributed by atoms with Gasteiger partial charge in [0.15, 0.2) is 0 Å². The van der Waals surface area contributed by atoms with Crippen molar-refractivity contribution in [3.63, 3.8) is 0 Å². The van der Waals surface area contributed by atoms with Crippen LogP contribution in [-0.2, 0) is 10.0 Å². The highest BCUT2D eigenvalue weighted by molar-refractivity contribution is 7.89. The summed E-state index contributed by atoms with van der Waals surface area (Å²) < 4.78 is 22.9. The number of sulfonamides is 1. The summed E-state index contributed by atoms with van der Waals surface area (Å²) in [5.74, 6) is 0.200. The number of pyridine rings is 1. The highest BCUT2D eigenvalue weighted by Crippen LogP contribution is 2.31. The van der Waals surface area contributed by atoms with Gasteiger partial charge < -0.3 is 4.90 Å². The van der Waals surface area contributed by atoms with Crippen molar-refractivity contribution in [3.05, 3.63) is 58.3 Å². The van der Waals surface area contributed by atoms with E-state index in [9.17, 15) is 18.5 Å². The minimum absolute atomic E-state index is 0.00855. The van der Waals surface area contributed by atoms with Crippen molar-refractivity contribution < 1.29 is 13.3 Å². The first kappa shape index (κ1) is 16.8. The number of primary sulfonamides is 1. The van der Waals surface area contributed by atoms with Crippen molar-refractivity contribution in [1.82, 2.24) is 4.98 Å². The van der Waals surface area contributed by atoms with Gasteiger partial charge in [0.05, 0.1) is 15.9 Å². The summed E-state index contributed by atoms with van der Waals surface area (Å²) in [7, 11) is -2.16. The molecule has 1 atom stereocenters. The predicted octanol–water partition coefficient (Wildman–Crippen LogP) is 1.83. The molecular weight excluding hydrogens is 320 g/mol. The average Bonchev–Trinajstić information content (AvgIpc) is 2.52. The first-order chi connectivity index (χ1) is 10.7. The Kier molecular flexibility index (Phi) is 4.62. The first-order valence-corrected chi connectivity index (χ1v) is 8.21. The molecule has 1 aromatic carbocycles. The zero-order chi connectivity index (χ0) is 17.2. The number of nitrogens with two attached hydrogens (primary N) is 1. The van der Waals surface area contributed by atoms with Gasteiger partial charge in [-0.3, -0.25) is 10.1 Å². The Hall–Kier alpha value is -2.52. The third kappa shape index (κ3) is 3.63. The van der Waals surface area contributed by atoms with Crippen LogP contribution >= 0.6 is 0 Å². The maximum Gasteiger partial charge on any atom is 0.311 e. The van der Waals surface area contributed by atoms with E-state index < -0.39 is 14.9 Å². The van der Waals surface area contributed by atoms with Crippen molar-refractivity contribution >= 4 is 21.5 Å². The Morgan fingerprint density at radius 3 is 2.61 bits per heavy atom. The van der Waals surface area contributed by atoms with E-state index in [0.717, 1.165) is 0 Å². The predicted molar refractivity (Wildman–Crippen MR) is 85.5 cm³/mol. The number of hydrogen-bond acceptors (Lipinski definition) is 6. The van der Waals surface area contributed by atoms with E-state index in [0.29, 0.717) is 5.56 Å². The molecule has 9 heteroatoms. The van der Waals surface area contributed by atoms with Gasteiger partial charge in [-0.2, -0.15) is 0 Å². The minimum atomic E-state index is -3.81. The fourth-order valence-corrected chi connectivity index (χ4v) is 2.73. The maximum absolute atomic E-state index is 11.5. The molecule has 0 aliphatic heterocycles. The van der Waals surface area contributed by atoms with E-state index in [-0.39, 0.29) is 22.4 Å². The highest BCUT2D eigenvalue weighted by Gasteiger charge is 2.23. The molecule has 0 fully saturated rings. The number of aromatic nitrogens is 1. The lowest BCUT2D eigenvalue weighted by Crippen LogP contribution is -2.24. The summed E-state index contributed by atoms with van der Waals surface area (Å²) in [6, 6.07) is 8.66. The van der Waals surface area contributed by atoms with Crippen LogP contribution < -0.4 is 10.0 Å². The van der Waals surface area contributed by atoms with Crippen LogP contribution in [-0.4, -0.2) is 25.4 Å². The Labute approximate surface area is 133 Å². The summed E-state index contributed by atoms with van der Waals surface area (Å²) >= 11 is 0. The zero-order valence-corrected chi connectivity index (χ0v) is 13.4. The Bertz CT molecular complexity index is 838. The van der Waals surface area contributed by atoms with Gasteiger partial charge in [-0.05, 0) is 30.7 Å². The van der Waals surface area contributed by atoms with E-state index in [4.69, 9.17) is 5.14 Å². The molecule has 0 saturated carbocycles. The fraction of sp³-hybridized carbons (Fsp3) is 0.214. The van der Waals surface area contributed by atoms with E-state index in [1.54, 1.807) is 31.0 Å². The van der Waals surface area contributed by atoms with Crippen LogP contribution in [0.4, 0.5) is 11.5 Å². The number of nitrogens with zero attached hydrogens (tertiary/aromatic N) is 3. The third-order valence-corrected chi connectivity index (χ3v) is 4.46. The van der Waals surface area contributed by atoms with Crippen molar-refractivity contribution in [2.75, 3.05) is 11.9 Å². The molecule has 0 amide bonds. The lowest BCUT2D eigenvalue weighted by atomic mass is 10.1. The number of anilines is 1. The summed E-state index contributed by atoms with van der Waals surface area (Å²) in [4.78, 5) is 16.3. The second-order valence-corrected chi connectivity index (χ2v) is 6.57. The third-order valence-electron chi connectivity index (χ3n) is 3.55. The summed E-state index contributed by atoms with van der Waals surface area (Å²) in [5.41, 5.74) is 0.531. The molecule has 0 bridgehead atoms. The molecule has 0 spiro atoms. The van der Waals surface area contributed by atoms with Crippen LogP contribution in [0.5, 0.6) is 0 Å². The van der Waals surface area contributed by atoms with Crippen LogP contribution in [0.2, 0.25) is 0 Å². The van der Waals surface area contributed by atoms with Gasteiger partial charge in [-0.25, -0.2) is 18.5 Å². The van der Waals surface area contributed by atoms with Gasteiger partial charge >= 0.3 is 5.69 Å². The molecule has 2 rings (SSSR count). The number of hydrogen-bond donors (Lipinski definition) is 1. The molecule has 8 nitrogen and oxygen atoms in total. The fourth-order valence-electron chi connectivity index (χ4n) is 2.16. The molecule has 0 aliphatic rings. The lowest BCUT2D eigenvalue weighted by molar-refractivity contribution is -0.384. The van der Waals surface area contributed by atoms with Crippen molar-refractivity contribution in [1.29, 1.82) is 0 Å². The van der Waals surface area contributed by atoms with Crippen molar-refractivity contribution in [3.8, 4) is 0 Å². The first-order valence-electron chi connectivity index (χ1n) is 6.67. The van der Waals surface area contributed by atoms with E-state index in [2.05, 4.69) is 4.98 Å². The quantitative estimate of drug-likeness (QED) is 0.657. The molecule has 0 unspecified atom stereocenters. The summed E-state index contributed by atoms with van der Waals surface area (Å²) in [6.45, 7) is 1.79. The van der Waals surface area contributed by atoms with E-state index in [1.165, 1.54) is 30.5 Å². The second kappa shape index (κ2) is 6.31. The van der Waals surface area contributed by atoms with Gasteiger partial charge in [0.1, 0.15) is 0 Å². The standard InChI is InChI=1S/C14H16N4O4S/c1-10(11-5-3-6-12(9-11)23(15,21)22)17(2)14-13(18(19)20)7-4-8-16-14/h3-10H,1-2H3,(H2,15,21,22)/t10-/m0/s1. The Morgan fingerprint density at radius 1 is 1.30 bits per heavy atom. The molecule has 1 aromatic heterocycles. The number of nitro groups is 1. The van der Waals surface area contributed by atoms with Crippen molar-refractivity contribution in [2.45, 2.75) is 17.9 Å². The van der Waals surface area contributed by atoms with Gasteiger partial charge in [-0.1, -0.05) is 12.1 Å². The van der Waals surface area contributed by atoms with Gasteiger partial charge in [0.2, 0.25) is 15.8 Å². The maximum atomic E-state index is 11.5. The lowest BCUT2D eigenvalue weighted by Gasteiger charge is -2.26. The van der Waals surface area contributed by atoms with Gasteiger partial charge in [-0.15, -0.1) is 0 Å². The van der Waals surface area contributed by atoms with Gasteiger partial charge in [0, 0.05) is 19.3 Å². The monoisotopic (exact) mass is 336 g/mol. The van der Waals surface area contributed by atoms with Crippen LogP contribution in [0.1, 0.15) is 18.5 Å². The second-order valence-electron chi connectivity index (χ2n) is 5.01. The van der Waals surface area contributed by atoms with Gasteiger partial charge in [0.25, 0.3) is 0 Å². The molecule has 0 aliphatic carbocycles. The van der Waals surface area contributed by atoms with E-state index >= 15 is 0 Å².